The highest BCUT2D eigenvalue weighted by Gasteiger charge is 2.19. The molecule has 7 heteroatoms. The zero-order valence-electron chi connectivity index (χ0n) is 11.7. The standard InChI is InChI=1S/C13H18O7/c1-13(2,3)8-12(18)20-11(17)6-7-19-10(16)5-4-9(14)15/h4-5H,6-8H2,1-3H3,(H,14,15)/b5-4+. The summed E-state index contributed by atoms with van der Waals surface area (Å²) in [5.41, 5.74) is -0.286. The van der Waals surface area contributed by atoms with Gasteiger partial charge in [0.05, 0.1) is 12.8 Å². The maximum Gasteiger partial charge on any atom is 0.331 e. The van der Waals surface area contributed by atoms with Gasteiger partial charge in [-0.2, -0.15) is 0 Å². The molecule has 0 aliphatic rings. The van der Waals surface area contributed by atoms with Crippen molar-refractivity contribution in [2.75, 3.05) is 6.61 Å². The summed E-state index contributed by atoms with van der Waals surface area (Å²) in [6.07, 6.45) is 1.16. The molecule has 0 saturated heterocycles. The lowest BCUT2D eigenvalue weighted by molar-refractivity contribution is -0.161. The molecule has 0 amide bonds. The third kappa shape index (κ3) is 10.9. The molecule has 0 rings (SSSR count). The number of hydrogen-bond donors (Lipinski definition) is 1. The highest BCUT2D eigenvalue weighted by molar-refractivity contribution is 5.91. The van der Waals surface area contributed by atoms with Gasteiger partial charge >= 0.3 is 23.9 Å². The Kier molecular flexibility index (Phi) is 7.20. The molecular formula is C13H18O7. The number of hydrogen-bond acceptors (Lipinski definition) is 6. The van der Waals surface area contributed by atoms with Crippen molar-refractivity contribution in [3.05, 3.63) is 12.2 Å². The molecule has 7 nitrogen and oxygen atoms in total. The van der Waals surface area contributed by atoms with Gasteiger partial charge in [-0.1, -0.05) is 20.8 Å². The van der Waals surface area contributed by atoms with Crippen LogP contribution in [0.2, 0.25) is 0 Å². The number of rotatable bonds is 6. The SMILES string of the molecule is CC(C)(C)CC(=O)OC(=O)CCOC(=O)/C=C/C(=O)O. The van der Waals surface area contributed by atoms with Crippen LogP contribution in [0.25, 0.3) is 0 Å². The van der Waals surface area contributed by atoms with E-state index in [9.17, 15) is 19.2 Å². The van der Waals surface area contributed by atoms with Gasteiger partial charge in [0.1, 0.15) is 6.61 Å². The molecule has 20 heavy (non-hydrogen) atoms. The Labute approximate surface area is 116 Å². The molecule has 0 heterocycles. The Morgan fingerprint density at radius 2 is 1.65 bits per heavy atom. The molecule has 0 unspecified atom stereocenters. The van der Waals surface area contributed by atoms with Crippen molar-refractivity contribution in [2.45, 2.75) is 33.6 Å². The Morgan fingerprint density at radius 1 is 1.05 bits per heavy atom. The van der Waals surface area contributed by atoms with Gasteiger partial charge in [0.2, 0.25) is 0 Å². The predicted octanol–water partition coefficient (Wildman–Crippen LogP) is 1.07. The largest absolute Gasteiger partial charge is 0.478 e. The summed E-state index contributed by atoms with van der Waals surface area (Å²) in [5.74, 6) is -3.61. The van der Waals surface area contributed by atoms with Gasteiger partial charge in [-0.05, 0) is 5.41 Å². The average Bonchev–Trinajstić information content (AvgIpc) is 2.23. The molecule has 0 saturated carbocycles. The number of carboxylic acids is 1. The van der Waals surface area contributed by atoms with E-state index in [1.807, 2.05) is 20.8 Å². The second-order valence-corrected chi connectivity index (χ2v) is 5.17. The minimum atomic E-state index is -1.28. The van der Waals surface area contributed by atoms with E-state index >= 15 is 0 Å². The van der Waals surface area contributed by atoms with Crippen LogP contribution in [0.5, 0.6) is 0 Å². The van der Waals surface area contributed by atoms with Crippen LogP contribution in [-0.4, -0.2) is 35.6 Å². The number of aliphatic carboxylic acids is 1. The summed E-state index contributed by atoms with van der Waals surface area (Å²) in [4.78, 5) is 43.6. The fourth-order valence-corrected chi connectivity index (χ4v) is 1.07. The Balaban J connectivity index is 3.92. The average molecular weight is 286 g/mol. The molecule has 1 N–H and O–H groups in total. The highest BCUT2D eigenvalue weighted by atomic mass is 16.6. The van der Waals surface area contributed by atoms with Crippen LogP contribution in [0.3, 0.4) is 0 Å². The van der Waals surface area contributed by atoms with Crippen LogP contribution in [0.15, 0.2) is 12.2 Å². The van der Waals surface area contributed by atoms with E-state index in [0.29, 0.717) is 6.08 Å². The van der Waals surface area contributed by atoms with Crippen LogP contribution >= 0.6 is 0 Å². The lowest BCUT2D eigenvalue weighted by Gasteiger charge is -2.15. The summed E-state index contributed by atoms with van der Waals surface area (Å²) < 4.78 is 9.07. The zero-order chi connectivity index (χ0) is 15.8. The molecule has 0 aromatic rings. The zero-order valence-corrected chi connectivity index (χ0v) is 11.7. The lowest BCUT2D eigenvalue weighted by Crippen LogP contribution is -2.20. The summed E-state index contributed by atoms with van der Waals surface area (Å²) >= 11 is 0. The summed E-state index contributed by atoms with van der Waals surface area (Å²) in [6, 6.07) is 0. The molecular weight excluding hydrogens is 268 g/mol. The van der Waals surface area contributed by atoms with Gasteiger partial charge in [-0.15, -0.1) is 0 Å². The first-order valence-corrected chi connectivity index (χ1v) is 5.91. The Hall–Kier alpha value is -2.18. The molecule has 0 aromatic carbocycles. The van der Waals surface area contributed by atoms with Gasteiger partial charge < -0.3 is 14.6 Å². The topological polar surface area (TPSA) is 107 Å². The van der Waals surface area contributed by atoms with Crippen LogP contribution in [0.1, 0.15) is 33.6 Å². The maximum absolute atomic E-state index is 11.3. The van der Waals surface area contributed by atoms with Crippen molar-refractivity contribution >= 4 is 23.9 Å². The van der Waals surface area contributed by atoms with E-state index in [1.165, 1.54) is 0 Å². The van der Waals surface area contributed by atoms with E-state index in [1.54, 1.807) is 0 Å². The van der Waals surface area contributed by atoms with Crippen LogP contribution in [0.4, 0.5) is 0 Å². The Bertz CT molecular complexity index is 415. The number of carbonyl (C=O) groups is 4. The second kappa shape index (κ2) is 8.08. The molecule has 0 spiro atoms. The highest BCUT2D eigenvalue weighted by Crippen LogP contribution is 2.18. The second-order valence-electron chi connectivity index (χ2n) is 5.17. The van der Waals surface area contributed by atoms with Crippen molar-refractivity contribution in [2.24, 2.45) is 5.41 Å². The molecule has 0 aliphatic carbocycles. The summed E-state index contributed by atoms with van der Waals surface area (Å²) in [5, 5.41) is 8.26. The minimum Gasteiger partial charge on any atom is -0.478 e. The van der Waals surface area contributed by atoms with Crippen molar-refractivity contribution in [3.63, 3.8) is 0 Å². The van der Waals surface area contributed by atoms with Crippen molar-refractivity contribution in [1.29, 1.82) is 0 Å². The van der Waals surface area contributed by atoms with Crippen molar-refractivity contribution < 1.29 is 33.8 Å². The van der Waals surface area contributed by atoms with E-state index < -0.39 is 23.9 Å². The molecule has 0 aliphatic heterocycles. The van der Waals surface area contributed by atoms with Gasteiger partial charge in [-0.25, -0.2) is 9.59 Å². The minimum absolute atomic E-state index is 0.0971. The van der Waals surface area contributed by atoms with Gasteiger partial charge in [0, 0.05) is 12.2 Å². The van der Waals surface area contributed by atoms with Gasteiger partial charge in [0.25, 0.3) is 0 Å². The fourth-order valence-electron chi connectivity index (χ4n) is 1.07. The number of carboxylic acid groups (broad SMARTS) is 1. The molecule has 0 radical (unpaired) electrons. The molecule has 0 bridgehead atoms. The first-order valence-electron chi connectivity index (χ1n) is 5.91. The molecule has 112 valence electrons. The number of ether oxygens (including phenoxy) is 2. The van der Waals surface area contributed by atoms with Gasteiger partial charge in [0.15, 0.2) is 0 Å². The summed E-state index contributed by atoms with van der Waals surface area (Å²) in [7, 11) is 0. The molecule has 0 aromatic heterocycles. The number of carbonyl (C=O) groups excluding carboxylic acids is 3. The third-order valence-corrected chi connectivity index (χ3v) is 1.81. The molecule has 0 atom stereocenters. The first kappa shape index (κ1) is 17.8. The van der Waals surface area contributed by atoms with Crippen LogP contribution < -0.4 is 0 Å². The lowest BCUT2D eigenvalue weighted by atomic mass is 9.92. The van der Waals surface area contributed by atoms with E-state index in [2.05, 4.69) is 9.47 Å². The molecule has 0 fully saturated rings. The van der Waals surface area contributed by atoms with Crippen molar-refractivity contribution in [3.8, 4) is 0 Å². The van der Waals surface area contributed by atoms with E-state index in [4.69, 9.17) is 5.11 Å². The normalized spacial score (nSPS) is 11.2. The maximum atomic E-state index is 11.3. The van der Waals surface area contributed by atoms with Crippen LogP contribution in [-0.2, 0) is 28.7 Å². The quantitative estimate of drug-likeness (QED) is 0.442. The summed E-state index contributed by atoms with van der Waals surface area (Å²) in [6.45, 7) is 5.20. The number of esters is 3. The fraction of sp³-hybridized carbons (Fsp3) is 0.538. The van der Waals surface area contributed by atoms with Gasteiger partial charge in [-0.3, -0.25) is 9.59 Å². The third-order valence-electron chi connectivity index (χ3n) is 1.81. The Morgan fingerprint density at radius 3 is 2.15 bits per heavy atom. The smallest absolute Gasteiger partial charge is 0.331 e. The van der Waals surface area contributed by atoms with E-state index in [0.717, 1.165) is 6.08 Å². The van der Waals surface area contributed by atoms with Crippen LogP contribution in [0, 0.1) is 5.41 Å². The predicted molar refractivity (Wildman–Crippen MR) is 67.5 cm³/mol. The van der Waals surface area contributed by atoms with E-state index in [-0.39, 0.29) is 24.9 Å². The first-order chi connectivity index (χ1) is 9.10. The monoisotopic (exact) mass is 286 g/mol. The van der Waals surface area contributed by atoms with Crippen molar-refractivity contribution in [1.82, 2.24) is 0 Å².